The first-order valence-electron chi connectivity index (χ1n) is 17.5. The summed E-state index contributed by atoms with van der Waals surface area (Å²) in [4.78, 5) is 2.52. The second-order valence-electron chi connectivity index (χ2n) is 13.2. The van der Waals surface area contributed by atoms with Gasteiger partial charge in [0.15, 0.2) is 0 Å². The predicted octanol–water partition coefficient (Wildman–Crippen LogP) is 15.1. The highest BCUT2D eigenvalue weighted by Gasteiger charge is 2.27. The minimum Gasteiger partial charge on any atom is -0.455 e. The van der Waals surface area contributed by atoms with Gasteiger partial charge in [-0.2, -0.15) is 0 Å². The van der Waals surface area contributed by atoms with Gasteiger partial charge in [0.2, 0.25) is 0 Å². The number of thiophene rings is 2. The van der Waals surface area contributed by atoms with E-state index in [-0.39, 0.29) is 0 Å². The third-order valence-electron chi connectivity index (χ3n) is 10.3. The standard InChI is InChI=1S/C48H29NOS2/c1-3-13-30(14-4-1)33-26-28-43-46(38-19-9-12-22-42(38)51-43)47(33)49(32-23-24-36-35-17-8-11-21-41(35)52-44(36)29-32)39-27-25-34(31-15-5-2-6-16-31)48-45(39)37-18-7-10-20-40(37)50-48/h1-29H. The molecule has 11 aromatic rings. The number of nitrogens with zero attached hydrogens (tertiary/aromatic N) is 1. The van der Waals surface area contributed by atoms with Gasteiger partial charge in [-0.1, -0.05) is 127 Å². The Kier molecular flexibility index (Phi) is 6.63. The maximum atomic E-state index is 6.85. The van der Waals surface area contributed by atoms with Crippen molar-refractivity contribution in [1.29, 1.82) is 0 Å². The Morgan fingerprint density at radius 3 is 1.79 bits per heavy atom. The summed E-state index contributed by atoms with van der Waals surface area (Å²) >= 11 is 3.71. The molecule has 244 valence electrons. The third-order valence-corrected chi connectivity index (χ3v) is 12.5. The number of benzene rings is 8. The Labute approximate surface area is 308 Å². The summed E-state index contributed by atoms with van der Waals surface area (Å²) in [6, 6.07) is 63.6. The minimum absolute atomic E-state index is 0.879. The lowest BCUT2D eigenvalue weighted by molar-refractivity contribution is 0.670. The molecule has 3 heterocycles. The maximum absolute atomic E-state index is 6.85. The molecular weight excluding hydrogens is 671 g/mol. The van der Waals surface area contributed by atoms with Gasteiger partial charge in [0.05, 0.1) is 16.8 Å². The van der Waals surface area contributed by atoms with Crippen molar-refractivity contribution in [2.45, 2.75) is 0 Å². The zero-order valence-electron chi connectivity index (χ0n) is 27.9. The van der Waals surface area contributed by atoms with Gasteiger partial charge in [-0.05, 0) is 59.7 Å². The normalized spacial score (nSPS) is 11.8. The minimum atomic E-state index is 0.879. The SMILES string of the molecule is c1ccc(-c2ccc3sc4ccccc4c3c2N(c2ccc3c(c2)sc2ccccc23)c2ccc(-c3ccccc3)c3oc4ccccc4c23)cc1. The van der Waals surface area contributed by atoms with Crippen molar-refractivity contribution in [3.05, 3.63) is 176 Å². The fourth-order valence-electron chi connectivity index (χ4n) is 7.97. The van der Waals surface area contributed by atoms with E-state index in [9.17, 15) is 0 Å². The number of rotatable bonds is 5. The van der Waals surface area contributed by atoms with Gasteiger partial charge in [-0.15, -0.1) is 22.7 Å². The second kappa shape index (κ2) is 11.7. The van der Waals surface area contributed by atoms with E-state index < -0.39 is 0 Å². The fraction of sp³-hybridized carbons (Fsp3) is 0. The average molecular weight is 700 g/mol. The van der Waals surface area contributed by atoms with E-state index in [1.807, 2.05) is 22.7 Å². The van der Waals surface area contributed by atoms with Crippen LogP contribution in [0.15, 0.2) is 180 Å². The van der Waals surface area contributed by atoms with E-state index in [0.29, 0.717) is 0 Å². The Bertz CT molecular complexity index is 3130. The number of fused-ring (bicyclic) bond motifs is 9. The second-order valence-corrected chi connectivity index (χ2v) is 15.4. The molecule has 0 radical (unpaired) electrons. The summed E-state index contributed by atoms with van der Waals surface area (Å²) in [7, 11) is 0. The van der Waals surface area contributed by atoms with Crippen molar-refractivity contribution in [3.8, 4) is 22.3 Å². The van der Waals surface area contributed by atoms with E-state index in [1.54, 1.807) is 0 Å². The zero-order chi connectivity index (χ0) is 34.2. The maximum Gasteiger partial charge on any atom is 0.145 e. The van der Waals surface area contributed by atoms with Crippen molar-refractivity contribution in [2.24, 2.45) is 0 Å². The van der Waals surface area contributed by atoms with Gasteiger partial charge in [0.25, 0.3) is 0 Å². The topological polar surface area (TPSA) is 16.4 Å². The summed E-state index contributed by atoms with van der Waals surface area (Å²) in [6.45, 7) is 0. The van der Waals surface area contributed by atoms with Gasteiger partial charge in [0.1, 0.15) is 11.2 Å². The monoisotopic (exact) mass is 699 g/mol. The van der Waals surface area contributed by atoms with Gasteiger partial charge < -0.3 is 9.32 Å². The van der Waals surface area contributed by atoms with Crippen molar-refractivity contribution in [3.63, 3.8) is 0 Å². The molecule has 0 aliphatic carbocycles. The molecule has 0 aliphatic rings. The largest absolute Gasteiger partial charge is 0.455 e. The molecule has 0 saturated heterocycles. The quantitative estimate of drug-likeness (QED) is 0.178. The lowest BCUT2D eigenvalue weighted by Crippen LogP contribution is -2.12. The van der Waals surface area contributed by atoms with Crippen LogP contribution in [0.1, 0.15) is 0 Å². The van der Waals surface area contributed by atoms with Crippen LogP contribution in [0.5, 0.6) is 0 Å². The van der Waals surface area contributed by atoms with Crippen molar-refractivity contribution >= 4 is 102 Å². The van der Waals surface area contributed by atoms with Crippen LogP contribution < -0.4 is 4.90 Å². The molecule has 0 bridgehead atoms. The van der Waals surface area contributed by atoms with Crippen LogP contribution in [-0.2, 0) is 0 Å². The molecule has 0 N–H and O–H groups in total. The molecule has 0 amide bonds. The Morgan fingerprint density at radius 2 is 1.00 bits per heavy atom. The van der Waals surface area contributed by atoms with Gasteiger partial charge in [0, 0.05) is 62.5 Å². The van der Waals surface area contributed by atoms with E-state index in [1.165, 1.54) is 57.2 Å². The van der Waals surface area contributed by atoms with E-state index in [2.05, 4.69) is 181 Å². The van der Waals surface area contributed by atoms with Crippen LogP contribution in [0.25, 0.3) is 84.5 Å². The van der Waals surface area contributed by atoms with Crippen LogP contribution >= 0.6 is 22.7 Å². The lowest BCUT2D eigenvalue weighted by Gasteiger charge is -2.30. The molecule has 3 aromatic heterocycles. The van der Waals surface area contributed by atoms with Gasteiger partial charge in [-0.25, -0.2) is 0 Å². The van der Waals surface area contributed by atoms with E-state index in [4.69, 9.17) is 4.42 Å². The first-order chi connectivity index (χ1) is 25.8. The molecule has 0 aliphatic heterocycles. The molecule has 11 rings (SSSR count). The van der Waals surface area contributed by atoms with Gasteiger partial charge in [-0.3, -0.25) is 0 Å². The summed E-state index contributed by atoms with van der Waals surface area (Å²) in [5, 5.41) is 7.30. The number of anilines is 3. The highest BCUT2D eigenvalue weighted by Crippen LogP contribution is 2.53. The number of hydrogen-bond acceptors (Lipinski definition) is 4. The molecule has 4 heteroatoms. The van der Waals surface area contributed by atoms with Crippen LogP contribution in [0.4, 0.5) is 17.1 Å². The summed E-state index contributed by atoms with van der Waals surface area (Å²) in [6.07, 6.45) is 0. The summed E-state index contributed by atoms with van der Waals surface area (Å²) in [5.74, 6) is 0. The third kappa shape index (κ3) is 4.48. The van der Waals surface area contributed by atoms with Crippen molar-refractivity contribution in [2.75, 3.05) is 4.90 Å². The highest BCUT2D eigenvalue weighted by atomic mass is 32.1. The van der Waals surface area contributed by atoms with E-state index >= 15 is 0 Å². The van der Waals surface area contributed by atoms with Crippen LogP contribution in [0.3, 0.4) is 0 Å². The highest BCUT2D eigenvalue weighted by molar-refractivity contribution is 7.26. The molecule has 0 spiro atoms. The lowest BCUT2D eigenvalue weighted by atomic mass is 9.96. The molecule has 0 atom stereocenters. The van der Waals surface area contributed by atoms with E-state index in [0.717, 1.165) is 44.4 Å². The predicted molar refractivity (Wildman–Crippen MR) is 225 cm³/mol. The molecule has 8 aromatic carbocycles. The average Bonchev–Trinajstić information content (AvgIpc) is 3.90. The van der Waals surface area contributed by atoms with Crippen LogP contribution in [-0.4, -0.2) is 0 Å². The zero-order valence-corrected chi connectivity index (χ0v) is 29.5. The molecule has 2 nitrogen and oxygen atoms in total. The number of para-hydroxylation sites is 1. The van der Waals surface area contributed by atoms with Crippen molar-refractivity contribution < 1.29 is 4.42 Å². The number of furan rings is 1. The Balaban J connectivity index is 1.32. The first kappa shape index (κ1) is 29.5. The van der Waals surface area contributed by atoms with Gasteiger partial charge >= 0.3 is 0 Å². The number of hydrogen-bond donors (Lipinski definition) is 0. The molecule has 0 unspecified atom stereocenters. The smallest absolute Gasteiger partial charge is 0.145 e. The fourth-order valence-corrected chi connectivity index (χ4v) is 10.2. The summed E-state index contributed by atoms with van der Waals surface area (Å²) < 4.78 is 12.0. The van der Waals surface area contributed by atoms with Crippen molar-refractivity contribution in [1.82, 2.24) is 0 Å². The molecular formula is C48H29NOS2. The Hall–Kier alpha value is -6.20. The first-order valence-corrected chi connectivity index (χ1v) is 19.1. The summed E-state index contributed by atoms with van der Waals surface area (Å²) in [5.41, 5.74) is 9.70. The van der Waals surface area contributed by atoms with Crippen LogP contribution in [0, 0.1) is 0 Å². The molecule has 52 heavy (non-hydrogen) atoms. The molecule has 0 saturated carbocycles. The molecule has 0 fully saturated rings. The Morgan fingerprint density at radius 1 is 0.404 bits per heavy atom. The van der Waals surface area contributed by atoms with Crippen LogP contribution in [0.2, 0.25) is 0 Å².